The van der Waals surface area contributed by atoms with Gasteiger partial charge in [-0.2, -0.15) is 4.98 Å². The Hall–Kier alpha value is -1.98. The maximum atomic E-state index is 5.45. The van der Waals surface area contributed by atoms with E-state index in [1.54, 1.807) is 0 Å². The zero-order chi connectivity index (χ0) is 16.2. The molecule has 1 aromatic heterocycles. The van der Waals surface area contributed by atoms with Crippen LogP contribution in [0.2, 0.25) is 0 Å². The third-order valence-corrected chi connectivity index (χ3v) is 4.71. The third-order valence-electron chi connectivity index (χ3n) is 4.71. The van der Waals surface area contributed by atoms with Crippen LogP contribution in [0.3, 0.4) is 0 Å². The van der Waals surface area contributed by atoms with E-state index in [0.29, 0.717) is 11.7 Å². The molecule has 0 amide bonds. The van der Waals surface area contributed by atoms with Crippen molar-refractivity contribution in [3.63, 3.8) is 0 Å². The predicted molar refractivity (Wildman–Crippen MR) is 91.4 cm³/mol. The Morgan fingerprint density at radius 1 is 1.21 bits per heavy atom. The average molecular weight is 325 g/mol. The van der Waals surface area contributed by atoms with Gasteiger partial charge in [0.15, 0.2) is 0 Å². The molecule has 0 bridgehead atoms. The van der Waals surface area contributed by atoms with E-state index in [9.17, 15) is 0 Å². The highest BCUT2D eigenvalue weighted by Crippen LogP contribution is 2.23. The molecule has 2 aromatic rings. The fraction of sp³-hybridized carbons (Fsp3) is 0.474. The highest BCUT2D eigenvalue weighted by molar-refractivity contribution is 5.55. The second-order valence-electron chi connectivity index (χ2n) is 6.57. The first-order valence-corrected chi connectivity index (χ1v) is 8.75. The standard InChI is InChI=1S/C19H23N3O2/c1-2-5-15(4-1)13-18-20-19(21-24-18)17-7-3-6-16(12-17)14-22-8-10-23-11-9-22/h1,3-4,6-7,12,15H,2,5,8-11,13-14H2/t15-/m0/s1. The number of allylic oxidation sites excluding steroid dienone is 2. The van der Waals surface area contributed by atoms with E-state index in [1.165, 1.54) is 12.0 Å². The largest absolute Gasteiger partial charge is 0.379 e. The molecule has 24 heavy (non-hydrogen) atoms. The van der Waals surface area contributed by atoms with E-state index in [2.05, 4.69) is 45.4 Å². The Balaban J connectivity index is 1.44. The van der Waals surface area contributed by atoms with Crippen LogP contribution in [0.1, 0.15) is 24.3 Å². The number of rotatable bonds is 5. The van der Waals surface area contributed by atoms with Crippen molar-refractivity contribution in [3.8, 4) is 11.4 Å². The molecule has 5 heteroatoms. The minimum atomic E-state index is 0.547. The molecule has 2 heterocycles. The van der Waals surface area contributed by atoms with Gasteiger partial charge in [0.25, 0.3) is 0 Å². The minimum Gasteiger partial charge on any atom is -0.379 e. The van der Waals surface area contributed by atoms with Gasteiger partial charge in [-0.3, -0.25) is 4.90 Å². The molecule has 0 saturated carbocycles. The fourth-order valence-corrected chi connectivity index (χ4v) is 3.37. The van der Waals surface area contributed by atoms with Crippen molar-refractivity contribution in [2.24, 2.45) is 5.92 Å². The lowest BCUT2D eigenvalue weighted by atomic mass is 10.1. The minimum absolute atomic E-state index is 0.547. The zero-order valence-corrected chi connectivity index (χ0v) is 13.9. The van der Waals surface area contributed by atoms with E-state index in [4.69, 9.17) is 9.26 Å². The fourth-order valence-electron chi connectivity index (χ4n) is 3.37. The van der Waals surface area contributed by atoms with Gasteiger partial charge in [0.2, 0.25) is 11.7 Å². The summed E-state index contributed by atoms with van der Waals surface area (Å²) in [4.78, 5) is 7.00. The van der Waals surface area contributed by atoms with Crippen molar-refractivity contribution in [3.05, 3.63) is 47.9 Å². The van der Waals surface area contributed by atoms with Gasteiger partial charge in [0.1, 0.15) is 0 Å². The van der Waals surface area contributed by atoms with Gasteiger partial charge in [-0.15, -0.1) is 0 Å². The Bertz CT molecular complexity index is 704. The molecular weight excluding hydrogens is 302 g/mol. The summed E-state index contributed by atoms with van der Waals surface area (Å²) in [5, 5.41) is 4.17. The van der Waals surface area contributed by atoms with Gasteiger partial charge in [-0.1, -0.05) is 35.5 Å². The topological polar surface area (TPSA) is 51.4 Å². The quantitative estimate of drug-likeness (QED) is 0.791. The van der Waals surface area contributed by atoms with E-state index >= 15 is 0 Å². The van der Waals surface area contributed by atoms with Gasteiger partial charge in [0.05, 0.1) is 13.2 Å². The molecule has 1 fully saturated rings. The molecule has 4 rings (SSSR count). The van der Waals surface area contributed by atoms with Crippen LogP contribution in [0.15, 0.2) is 40.9 Å². The number of hydrogen-bond donors (Lipinski definition) is 0. The van der Waals surface area contributed by atoms with Crippen molar-refractivity contribution < 1.29 is 9.26 Å². The predicted octanol–water partition coefficient (Wildman–Crippen LogP) is 3.08. The molecule has 5 nitrogen and oxygen atoms in total. The van der Waals surface area contributed by atoms with Gasteiger partial charge in [0, 0.05) is 31.6 Å². The number of benzene rings is 1. The molecule has 126 valence electrons. The number of ether oxygens (including phenoxy) is 1. The zero-order valence-electron chi connectivity index (χ0n) is 13.9. The smallest absolute Gasteiger partial charge is 0.227 e. The van der Waals surface area contributed by atoms with Gasteiger partial charge in [-0.05, 0) is 30.4 Å². The first-order valence-electron chi connectivity index (χ1n) is 8.75. The maximum absolute atomic E-state index is 5.45. The van der Waals surface area contributed by atoms with Crippen LogP contribution >= 0.6 is 0 Å². The first kappa shape index (κ1) is 15.5. The number of aromatic nitrogens is 2. The molecule has 1 saturated heterocycles. The summed E-state index contributed by atoms with van der Waals surface area (Å²) in [5.74, 6) is 1.97. The van der Waals surface area contributed by atoms with Crippen LogP contribution < -0.4 is 0 Å². The number of morpholine rings is 1. The molecule has 1 aliphatic heterocycles. The summed E-state index contributed by atoms with van der Waals surface area (Å²) in [6, 6.07) is 8.44. The molecule has 1 atom stereocenters. The van der Waals surface area contributed by atoms with Crippen molar-refractivity contribution >= 4 is 0 Å². The normalized spacial score (nSPS) is 21.4. The van der Waals surface area contributed by atoms with Crippen molar-refractivity contribution in [2.45, 2.75) is 25.8 Å². The molecule has 0 radical (unpaired) electrons. The summed E-state index contributed by atoms with van der Waals surface area (Å²) in [6.07, 6.45) is 7.68. The average Bonchev–Trinajstić information content (AvgIpc) is 3.29. The molecule has 1 aliphatic carbocycles. The third kappa shape index (κ3) is 3.74. The lowest BCUT2D eigenvalue weighted by Crippen LogP contribution is -2.35. The number of nitrogens with zero attached hydrogens (tertiary/aromatic N) is 3. The molecular formula is C19H23N3O2. The molecule has 1 aromatic carbocycles. The van der Waals surface area contributed by atoms with Crippen molar-refractivity contribution in [1.29, 1.82) is 0 Å². The van der Waals surface area contributed by atoms with Crippen LogP contribution in [0.4, 0.5) is 0 Å². The summed E-state index contributed by atoms with van der Waals surface area (Å²) in [6.45, 7) is 4.57. The SMILES string of the molecule is C1=C[C@H](Cc2nc(-c3cccc(CN4CCOCC4)c3)no2)CC1. The van der Waals surface area contributed by atoms with Crippen LogP contribution in [0.25, 0.3) is 11.4 Å². The summed E-state index contributed by atoms with van der Waals surface area (Å²) in [7, 11) is 0. The van der Waals surface area contributed by atoms with E-state index < -0.39 is 0 Å². The lowest BCUT2D eigenvalue weighted by molar-refractivity contribution is 0.0342. The maximum Gasteiger partial charge on any atom is 0.227 e. The van der Waals surface area contributed by atoms with Gasteiger partial charge < -0.3 is 9.26 Å². The van der Waals surface area contributed by atoms with Gasteiger partial charge >= 0.3 is 0 Å². The van der Waals surface area contributed by atoms with Crippen molar-refractivity contribution in [1.82, 2.24) is 15.0 Å². The van der Waals surface area contributed by atoms with Crippen molar-refractivity contribution in [2.75, 3.05) is 26.3 Å². The highest BCUT2D eigenvalue weighted by Gasteiger charge is 2.16. The monoisotopic (exact) mass is 325 g/mol. The highest BCUT2D eigenvalue weighted by atomic mass is 16.5. The Morgan fingerprint density at radius 3 is 2.96 bits per heavy atom. The van der Waals surface area contributed by atoms with E-state index in [-0.39, 0.29) is 0 Å². The van der Waals surface area contributed by atoms with Crippen LogP contribution in [-0.4, -0.2) is 41.3 Å². The molecule has 0 unspecified atom stereocenters. The number of hydrogen-bond acceptors (Lipinski definition) is 5. The van der Waals surface area contributed by atoms with Crippen LogP contribution in [0, 0.1) is 5.92 Å². The molecule has 2 aliphatic rings. The molecule has 0 spiro atoms. The van der Waals surface area contributed by atoms with Crippen LogP contribution in [0.5, 0.6) is 0 Å². The summed E-state index contributed by atoms with van der Waals surface area (Å²) < 4.78 is 10.9. The lowest BCUT2D eigenvalue weighted by Gasteiger charge is -2.26. The molecule has 0 N–H and O–H groups in total. The van der Waals surface area contributed by atoms with Crippen LogP contribution in [-0.2, 0) is 17.7 Å². The van der Waals surface area contributed by atoms with Gasteiger partial charge in [-0.25, -0.2) is 0 Å². The Labute approximate surface area is 142 Å². The Morgan fingerprint density at radius 2 is 2.12 bits per heavy atom. The second-order valence-corrected chi connectivity index (χ2v) is 6.57. The second kappa shape index (κ2) is 7.28. The Kier molecular flexibility index (Phi) is 4.71. The summed E-state index contributed by atoms with van der Waals surface area (Å²) in [5.41, 5.74) is 2.30. The summed E-state index contributed by atoms with van der Waals surface area (Å²) >= 11 is 0. The van der Waals surface area contributed by atoms with E-state index in [1.807, 2.05) is 6.07 Å². The van der Waals surface area contributed by atoms with E-state index in [0.717, 1.165) is 57.1 Å². The first-order chi connectivity index (χ1) is 11.9.